The second kappa shape index (κ2) is 10.6. The summed E-state index contributed by atoms with van der Waals surface area (Å²) < 4.78 is 6.35. The maximum atomic E-state index is 13.6. The number of hydrogen-bond donors (Lipinski definition) is 2. The summed E-state index contributed by atoms with van der Waals surface area (Å²) in [6.07, 6.45) is -0.530. The van der Waals surface area contributed by atoms with Gasteiger partial charge in [0.05, 0.1) is 11.4 Å². The van der Waals surface area contributed by atoms with E-state index in [4.69, 9.17) is 16.0 Å². The Morgan fingerprint density at radius 2 is 1.82 bits per heavy atom. The van der Waals surface area contributed by atoms with E-state index < -0.39 is 11.6 Å². The van der Waals surface area contributed by atoms with Crippen LogP contribution in [0.5, 0.6) is 0 Å². The average Bonchev–Trinajstić information content (AvgIpc) is 2.75. The Labute approximate surface area is 205 Å². The zero-order valence-electron chi connectivity index (χ0n) is 20.4. The molecule has 6 nitrogen and oxygen atoms in total. The lowest BCUT2D eigenvalue weighted by atomic mass is 9.93. The molecule has 0 radical (unpaired) electrons. The predicted octanol–water partition coefficient (Wildman–Crippen LogP) is 6.10. The van der Waals surface area contributed by atoms with Crippen LogP contribution >= 0.6 is 11.6 Å². The van der Waals surface area contributed by atoms with Gasteiger partial charge in [-0.05, 0) is 44.4 Å². The summed E-state index contributed by atoms with van der Waals surface area (Å²) in [4.78, 5) is 26.7. The van der Waals surface area contributed by atoms with E-state index in [9.17, 15) is 14.7 Å². The molecule has 0 aliphatic carbocycles. The van der Waals surface area contributed by atoms with Crippen molar-refractivity contribution in [2.75, 3.05) is 13.1 Å². The van der Waals surface area contributed by atoms with Gasteiger partial charge in [-0.25, -0.2) is 4.79 Å². The Morgan fingerprint density at radius 3 is 2.41 bits per heavy atom. The molecule has 1 amide bonds. The van der Waals surface area contributed by atoms with E-state index >= 15 is 0 Å². The Hall–Kier alpha value is -2.83. The molecule has 0 fully saturated rings. The number of nitrogens with one attached hydrogen (secondary N) is 1. The van der Waals surface area contributed by atoms with Crippen LogP contribution < -0.4 is 10.7 Å². The highest BCUT2D eigenvalue weighted by Crippen LogP contribution is 2.29. The van der Waals surface area contributed by atoms with Crippen molar-refractivity contribution in [1.82, 2.24) is 10.2 Å². The van der Waals surface area contributed by atoms with Crippen LogP contribution in [-0.2, 0) is 6.42 Å². The van der Waals surface area contributed by atoms with Gasteiger partial charge in [-0.3, -0.25) is 4.79 Å². The summed E-state index contributed by atoms with van der Waals surface area (Å²) in [6, 6.07) is 14.6. The van der Waals surface area contributed by atoms with Crippen molar-refractivity contribution in [2.24, 2.45) is 5.92 Å². The smallest absolute Gasteiger partial charge is 0.407 e. The number of hydrogen-bond acceptors (Lipinski definition) is 4. The third kappa shape index (κ3) is 5.99. The van der Waals surface area contributed by atoms with Crippen molar-refractivity contribution in [3.05, 3.63) is 80.7 Å². The molecule has 1 heterocycles. The number of nitrogens with zero attached hydrogens (tertiary/aromatic N) is 1. The Morgan fingerprint density at radius 1 is 1.15 bits per heavy atom. The molecule has 2 N–H and O–H groups in total. The lowest BCUT2D eigenvalue weighted by Crippen LogP contribution is -2.48. The van der Waals surface area contributed by atoms with E-state index in [2.05, 4.69) is 5.32 Å². The molecule has 34 heavy (non-hydrogen) atoms. The molecule has 2 aromatic carbocycles. The van der Waals surface area contributed by atoms with Gasteiger partial charge in [0.15, 0.2) is 5.43 Å². The van der Waals surface area contributed by atoms with Crippen molar-refractivity contribution in [3.8, 4) is 0 Å². The molecule has 0 aliphatic heterocycles. The number of fused-ring (bicyclic) bond motifs is 1. The second-order valence-electron chi connectivity index (χ2n) is 9.86. The highest BCUT2D eigenvalue weighted by Gasteiger charge is 2.28. The summed E-state index contributed by atoms with van der Waals surface area (Å²) in [6.45, 7) is 10.4. The van der Waals surface area contributed by atoms with Gasteiger partial charge in [0, 0.05) is 41.7 Å². The SMILES string of the molecule is CC(C)C(NCCN(C(=O)O)C(C)(C)C)c1oc2cc(Cl)ccc2c(=O)c1Cc1ccccc1. The fourth-order valence-corrected chi connectivity index (χ4v) is 4.28. The number of halogens is 1. The largest absolute Gasteiger partial charge is 0.465 e. The Kier molecular flexibility index (Phi) is 8.05. The number of carboxylic acid groups (broad SMARTS) is 1. The van der Waals surface area contributed by atoms with Crippen LogP contribution in [0.1, 0.15) is 57.5 Å². The first-order valence-electron chi connectivity index (χ1n) is 11.5. The first-order valence-corrected chi connectivity index (χ1v) is 11.9. The number of benzene rings is 2. The normalized spacial score (nSPS) is 12.8. The summed E-state index contributed by atoms with van der Waals surface area (Å²) >= 11 is 6.19. The van der Waals surface area contributed by atoms with Crippen LogP contribution in [-0.4, -0.2) is 34.7 Å². The van der Waals surface area contributed by atoms with E-state index in [0.29, 0.717) is 46.8 Å². The molecule has 1 aromatic heterocycles. The second-order valence-corrected chi connectivity index (χ2v) is 10.3. The molecule has 7 heteroatoms. The number of rotatable bonds is 8. The quantitative estimate of drug-likeness (QED) is 0.403. The molecular weight excluding hydrogens is 452 g/mol. The lowest BCUT2D eigenvalue weighted by Gasteiger charge is -2.34. The first kappa shape index (κ1) is 25.8. The van der Waals surface area contributed by atoms with Crippen molar-refractivity contribution < 1.29 is 14.3 Å². The maximum absolute atomic E-state index is 13.6. The minimum atomic E-state index is -0.966. The molecule has 1 unspecified atom stereocenters. The fourth-order valence-electron chi connectivity index (χ4n) is 4.12. The van der Waals surface area contributed by atoms with Crippen molar-refractivity contribution in [3.63, 3.8) is 0 Å². The van der Waals surface area contributed by atoms with Gasteiger partial charge in [0.1, 0.15) is 11.3 Å². The molecule has 3 rings (SSSR count). The van der Waals surface area contributed by atoms with E-state index in [1.54, 1.807) is 18.2 Å². The molecule has 0 saturated heterocycles. The van der Waals surface area contributed by atoms with E-state index in [1.807, 2.05) is 65.0 Å². The fraction of sp³-hybridized carbons (Fsp3) is 0.407. The highest BCUT2D eigenvalue weighted by molar-refractivity contribution is 6.31. The lowest BCUT2D eigenvalue weighted by molar-refractivity contribution is 0.0996. The van der Waals surface area contributed by atoms with Crippen LogP contribution in [0.25, 0.3) is 11.0 Å². The van der Waals surface area contributed by atoms with Gasteiger partial charge in [-0.15, -0.1) is 0 Å². The van der Waals surface area contributed by atoms with Crippen LogP contribution in [0.3, 0.4) is 0 Å². The summed E-state index contributed by atoms with van der Waals surface area (Å²) in [5, 5.41) is 14.1. The van der Waals surface area contributed by atoms with Crippen LogP contribution in [0.15, 0.2) is 57.7 Å². The van der Waals surface area contributed by atoms with Gasteiger partial charge in [-0.2, -0.15) is 0 Å². The molecule has 0 saturated carbocycles. The van der Waals surface area contributed by atoms with Gasteiger partial charge >= 0.3 is 6.09 Å². The summed E-state index contributed by atoms with van der Waals surface area (Å²) in [7, 11) is 0. The zero-order chi connectivity index (χ0) is 25.0. The third-order valence-corrected chi connectivity index (χ3v) is 6.13. The zero-order valence-corrected chi connectivity index (χ0v) is 21.1. The van der Waals surface area contributed by atoms with Gasteiger partial charge in [-0.1, -0.05) is 55.8 Å². The third-order valence-electron chi connectivity index (χ3n) is 5.89. The molecule has 0 aliphatic rings. The van der Waals surface area contributed by atoms with Gasteiger partial charge < -0.3 is 19.7 Å². The van der Waals surface area contributed by atoms with Gasteiger partial charge in [0.2, 0.25) is 0 Å². The molecular formula is C27H33ClN2O4. The van der Waals surface area contributed by atoms with Crippen LogP contribution in [0.2, 0.25) is 5.02 Å². The van der Waals surface area contributed by atoms with Crippen LogP contribution in [0, 0.1) is 5.92 Å². The van der Waals surface area contributed by atoms with Crippen LogP contribution in [0.4, 0.5) is 4.79 Å². The van der Waals surface area contributed by atoms with E-state index in [-0.39, 0.29) is 17.4 Å². The monoisotopic (exact) mass is 484 g/mol. The topological polar surface area (TPSA) is 82.8 Å². The molecule has 0 bridgehead atoms. The standard InChI is InChI=1S/C27H33ClN2O4/c1-17(2)23(29-13-14-30(26(32)33)27(3,4)5)25-21(15-18-9-7-6-8-10-18)24(31)20-12-11-19(28)16-22(20)34-25/h6-12,16-17,23,29H,13-15H2,1-5H3,(H,32,33). The highest BCUT2D eigenvalue weighted by atomic mass is 35.5. The van der Waals surface area contributed by atoms with Crippen molar-refractivity contribution in [2.45, 2.75) is 52.6 Å². The van der Waals surface area contributed by atoms with Crippen molar-refractivity contribution >= 4 is 28.7 Å². The predicted molar refractivity (Wildman–Crippen MR) is 137 cm³/mol. The van der Waals surface area contributed by atoms with E-state index in [0.717, 1.165) is 5.56 Å². The molecule has 3 aromatic rings. The molecule has 182 valence electrons. The maximum Gasteiger partial charge on any atom is 0.407 e. The van der Waals surface area contributed by atoms with Gasteiger partial charge in [0.25, 0.3) is 0 Å². The molecule has 1 atom stereocenters. The summed E-state index contributed by atoms with van der Waals surface area (Å²) in [5.41, 5.74) is 1.45. The van der Waals surface area contributed by atoms with Crippen molar-refractivity contribution in [1.29, 1.82) is 0 Å². The minimum Gasteiger partial charge on any atom is -0.465 e. The minimum absolute atomic E-state index is 0.0777. The number of carbonyl (C=O) groups is 1. The first-order chi connectivity index (χ1) is 16.0. The average molecular weight is 485 g/mol. The Bertz CT molecular complexity index is 1200. The Balaban J connectivity index is 2.03. The van der Waals surface area contributed by atoms with E-state index in [1.165, 1.54) is 4.90 Å². The summed E-state index contributed by atoms with van der Waals surface area (Å²) in [5.74, 6) is 0.651. The molecule has 0 spiro atoms. The number of amides is 1.